The molecule has 0 saturated heterocycles. The van der Waals surface area contributed by atoms with Gasteiger partial charge in [-0.05, 0) is 18.2 Å². The van der Waals surface area contributed by atoms with Gasteiger partial charge in [-0.15, -0.1) is 0 Å². The fourth-order valence-corrected chi connectivity index (χ4v) is 1.59. The standard InChI is InChI=1S/C11H7F3N4O2.H3N/c12-11(13,14)6-1-2-8(17-5-6)7-3-4-16-10(15)9(7)18(19)20;/h1-5H,(H2,15,16);1H3. The van der Waals surface area contributed by atoms with Crippen LogP contribution in [0.2, 0.25) is 0 Å². The van der Waals surface area contributed by atoms with E-state index in [-0.39, 0.29) is 23.2 Å². The molecule has 21 heavy (non-hydrogen) atoms. The Bertz CT molecular complexity index is 658. The molecule has 0 saturated carbocycles. The molecule has 0 atom stereocenters. The van der Waals surface area contributed by atoms with Crippen molar-refractivity contribution >= 4 is 11.5 Å². The van der Waals surface area contributed by atoms with Crippen LogP contribution >= 0.6 is 0 Å². The van der Waals surface area contributed by atoms with Crippen LogP contribution in [0.3, 0.4) is 0 Å². The SMILES string of the molecule is N.Nc1nccc(-c2ccc(C(F)(F)F)cn2)c1[N+](=O)[O-]. The van der Waals surface area contributed by atoms with E-state index in [4.69, 9.17) is 5.73 Å². The summed E-state index contributed by atoms with van der Waals surface area (Å²) >= 11 is 0. The molecule has 0 bridgehead atoms. The third-order valence-electron chi connectivity index (χ3n) is 2.50. The van der Waals surface area contributed by atoms with Crippen molar-refractivity contribution in [1.29, 1.82) is 0 Å². The van der Waals surface area contributed by atoms with E-state index in [2.05, 4.69) is 9.97 Å². The van der Waals surface area contributed by atoms with Crippen molar-refractivity contribution in [2.24, 2.45) is 0 Å². The number of halogens is 3. The molecular weight excluding hydrogens is 291 g/mol. The number of anilines is 1. The van der Waals surface area contributed by atoms with E-state index in [1.165, 1.54) is 12.3 Å². The van der Waals surface area contributed by atoms with Crippen LogP contribution < -0.4 is 11.9 Å². The second kappa shape index (κ2) is 5.71. The van der Waals surface area contributed by atoms with E-state index in [1.54, 1.807) is 0 Å². The summed E-state index contributed by atoms with van der Waals surface area (Å²) in [6, 6.07) is 3.11. The summed E-state index contributed by atoms with van der Waals surface area (Å²) < 4.78 is 37.2. The monoisotopic (exact) mass is 301 g/mol. The van der Waals surface area contributed by atoms with Crippen LogP contribution in [0.1, 0.15) is 5.56 Å². The van der Waals surface area contributed by atoms with Gasteiger partial charge >= 0.3 is 11.9 Å². The number of aromatic nitrogens is 2. The highest BCUT2D eigenvalue weighted by atomic mass is 19.4. The number of nitrogens with zero attached hydrogens (tertiary/aromatic N) is 3. The summed E-state index contributed by atoms with van der Waals surface area (Å²) in [6.45, 7) is 0. The minimum absolute atomic E-state index is 0. The molecule has 2 aromatic heterocycles. The van der Waals surface area contributed by atoms with Gasteiger partial charge in [0, 0.05) is 12.4 Å². The van der Waals surface area contributed by atoms with Crippen molar-refractivity contribution in [3.8, 4) is 11.3 Å². The van der Waals surface area contributed by atoms with Gasteiger partial charge in [0.1, 0.15) is 0 Å². The van der Waals surface area contributed by atoms with Gasteiger partial charge in [-0.1, -0.05) is 0 Å². The lowest BCUT2D eigenvalue weighted by Crippen LogP contribution is -2.06. The van der Waals surface area contributed by atoms with Crippen molar-refractivity contribution in [1.82, 2.24) is 16.1 Å². The molecule has 7 nitrogen and oxygen atoms in total. The third kappa shape index (κ3) is 3.23. The zero-order valence-electron chi connectivity index (χ0n) is 10.5. The fraction of sp³-hybridized carbons (Fsp3) is 0.0909. The first-order valence-corrected chi connectivity index (χ1v) is 5.23. The number of nitro groups is 1. The molecule has 0 aliphatic rings. The Morgan fingerprint density at radius 3 is 2.33 bits per heavy atom. The first kappa shape index (κ1) is 16.3. The molecule has 2 heterocycles. The topological polar surface area (TPSA) is 130 Å². The molecule has 0 radical (unpaired) electrons. The van der Waals surface area contributed by atoms with E-state index in [0.29, 0.717) is 6.20 Å². The molecule has 10 heteroatoms. The summed E-state index contributed by atoms with van der Waals surface area (Å²) in [5.41, 5.74) is 4.00. The third-order valence-corrected chi connectivity index (χ3v) is 2.50. The van der Waals surface area contributed by atoms with Gasteiger partial charge in [0.15, 0.2) is 0 Å². The summed E-state index contributed by atoms with van der Waals surface area (Å²) in [6.07, 6.45) is -2.69. The number of nitrogen functional groups attached to an aromatic ring is 1. The first-order valence-electron chi connectivity index (χ1n) is 5.23. The van der Waals surface area contributed by atoms with E-state index in [1.807, 2.05) is 0 Å². The van der Waals surface area contributed by atoms with Crippen LogP contribution in [0.25, 0.3) is 11.3 Å². The lowest BCUT2D eigenvalue weighted by Gasteiger charge is -2.07. The predicted octanol–water partition coefficient (Wildman–Crippen LogP) is 2.81. The Balaban J connectivity index is 0.00000220. The maximum atomic E-state index is 12.4. The van der Waals surface area contributed by atoms with Crippen molar-refractivity contribution in [2.75, 3.05) is 5.73 Å². The van der Waals surface area contributed by atoms with Gasteiger partial charge in [0.25, 0.3) is 0 Å². The molecular formula is C11H10F3N5O2. The molecule has 0 spiro atoms. The Morgan fingerprint density at radius 1 is 1.19 bits per heavy atom. The molecule has 2 aromatic rings. The molecule has 0 unspecified atom stereocenters. The Kier molecular flexibility index (Phi) is 4.43. The van der Waals surface area contributed by atoms with Crippen molar-refractivity contribution in [3.63, 3.8) is 0 Å². The van der Waals surface area contributed by atoms with Crippen LogP contribution in [0, 0.1) is 10.1 Å². The lowest BCUT2D eigenvalue weighted by atomic mass is 10.1. The Hall–Kier alpha value is -2.75. The maximum absolute atomic E-state index is 12.4. The van der Waals surface area contributed by atoms with E-state index < -0.39 is 22.4 Å². The van der Waals surface area contributed by atoms with E-state index in [9.17, 15) is 23.3 Å². The molecule has 0 amide bonds. The molecule has 0 aromatic carbocycles. The summed E-state index contributed by atoms with van der Waals surface area (Å²) in [7, 11) is 0. The largest absolute Gasteiger partial charge is 0.417 e. The molecule has 0 aliphatic heterocycles. The molecule has 112 valence electrons. The normalized spacial score (nSPS) is 10.8. The van der Waals surface area contributed by atoms with Gasteiger partial charge < -0.3 is 11.9 Å². The molecule has 5 N–H and O–H groups in total. The number of pyridine rings is 2. The summed E-state index contributed by atoms with van der Waals surface area (Å²) in [4.78, 5) is 17.3. The average Bonchev–Trinajstić information content (AvgIpc) is 2.37. The van der Waals surface area contributed by atoms with Gasteiger partial charge in [0.05, 0.1) is 21.7 Å². The Morgan fingerprint density at radius 2 is 1.86 bits per heavy atom. The second-order valence-corrected chi connectivity index (χ2v) is 3.78. The highest BCUT2D eigenvalue weighted by Gasteiger charge is 2.31. The fourth-order valence-electron chi connectivity index (χ4n) is 1.59. The second-order valence-electron chi connectivity index (χ2n) is 3.78. The molecule has 0 fully saturated rings. The lowest BCUT2D eigenvalue weighted by molar-refractivity contribution is -0.383. The number of alkyl halides is 3. The van der Waals surface area contributed by atoms with Gasteiger partial charge in [-0.2, -0.15) is 13.2 Å². The van der Waals surface area contributed by atoms with Gasteiger partial charge in [0.2, 0.25) is 5.82 Å². The number of hydrogen-bond acceptors (Lipinski definition) is 6. The highest BCUT2D eigenvalue weighted by molar-refractivity contribution is 5.76. The number of rotatable bonds is 2. The van der Waals surface area contributed by atoms with Crippen LogP contribution in [0.5, 0.6) is 0 Å². The van der Waals surface area contributed by atoms with Crippen LogP contribution in [-0.2, 0) is 6.18 Å². The van der Waals surface area contributed by atoms with E-state index in [0.717, 1.165) is 12.1 Å². The highest BCUT2D eigenvalue weighted by Crippen LogP contribution is 2.34. The van der Waals surface area contributed by atoms with Crippen LogP contribution in [-0.4, -0.2) is 14.9 Å². The smallest absolute Gasteiger partial charge is 0.378 e. The zero-order chi connectivity index (χ0) is 14.9. The van der Waals surface area contributed by atoms with Crippen LogP contribution in [0.15, 0.2) is 30.6 Å². The molecule has 0 aliphatic carbocycles. The summed E-state index contributed by atoms with van der Waals surface area (Å²) in [5, 5.41) is 10.9. The van der Waals surface area contributed by atoms with Crippen LogP contribution in [0.4, 0.5) is 24.7 Å². The van der Waals surface area contributed by atoms with Crippen molar-refractivity contribution in [3.05, 3.63) is 46.3 Å². The predicted molar refractivity (Wildman–Crippen MR) is 68.6 cm³/mol. The average molecular weight is 301 g/mol. The molecule has 2 rings (SSSR count). The number of hydrogen-bond donors (Lipinski definition) is 2. The minimum atomic E-state index is -4.52. The van der Waals surface area contributed by atoms with Gasteiger partial charge in [-0.3, -0.25) is 15.1 Å². The van der Waals surface area contributed by atoms with Gasteiger partial charge in [-0.25, -0.2) is 4.98 Å². The quantitative estimate of drug-likeness (QED) is 0.647. The minimum Gasteiger partial charge on any atom is -0.378 e. The first-order chi connectivity index (χ1) is 9.30. The zero-order valence-corrected chi connectivity index (χ0v) is 10.5. The summed E-state index contributed by atoms with van der Waals surface area (Å²) in [5.74, 6) is -0.325. The number of nitrogens with two attached hydrogens (primary N) is 1. The van der Waals surface area contributed by atoms with Crippen molar-refractivity contribution < 1.29 is 18.1 Å². The Labute approximate surface area is 116 Å². The van der Waals surface area contributed by atoms with E-state index >= 15 is 0 Å². The maximum Gasteiger partial charge on any atom is 0.417 e. The van der Waals surface area contributed by atoms with Crippen molar-refractivity contribution in [2.45, 2.75) is 6.18 Å².